The van der Waals surface area contributed by atoms with Crippen molar-refractivity contribution in [2.24, 2.45) is 5.92 Å². The molecule has 0 radical (unpaired) electrons. The highest BCUT2D eigenvalue weighted by molar-refractivity contribution is 5.09. The Hall–Kier alpha value is -0.970. The zero-order chi connectivity index (χ0) is 13.7. The maximum atomic E-state index is 5.59. The third-order valence-electron chi connectivity index (χ3n) is 3.59. The van der Waals surface area contributed by atoms with Crippen LogP contribution >= 0.6 is 0 Å². The van der Waals surface area contributed by atoms with Crippen LogP contribution in [0.2, 0.25) is 0 Å². The fourth-order valence-corrected chi connectivity index (χ4v) is 2.70. The van der Waals surface area contributed by atoms with E-state index in [0.717, 1.165) is 44.2 Å². The Kier molecular flexibility index (Phi) is 5.31. The number of rotatable bonds is 6. The molecule has 1 N–H and O–H groups in total. The molecule has 1 aromatic heterocycles. The molecule has 2 atom stereocenters. The summed E-state index contributed by atoms with van der Waals surface area (Å²) < 4.78 is 5.59. The first kappa shape index (κ1) is 14.4. The van der Waals surface area contributed by atoms with Crippen molar-refractivity contribution in [1.29, 1.82) is 0 Å². The second kappa shape index (κ2) is 6.98. The normalized spacial score (nSPS) is 23.2. The lowest BCUT2D eigenvalue weighted by Crippen LogP contribution is -2.40. The summed E-state index contributed by atoms with van der Waals surface area (Å²) in [5.74, 6) is 0.578. The average molecular weight is 263 g/mol. The lowest BCUT2D eigenvalue weighted by atomic mass is 10.0. The van der Waals surface area contributed by atoms with Crippen LogP contribution in [-0.2, 0) is 11.3 Å². The minimum atomic E-state index is 0.498. The number of ether oxygens (including phenoxy) is 1. The highest BCUT2D eigenvalue weighted by Crippen LogP contribution is 2.15. The van der Waals surface area contributed by atoms with Crippen molar-refractivity contribution in [2.75, 3.05) is 33.4 Å². The second-order valence-electron chi connectivity index (χ2n) is 5.43. The Morgan fingerprint density at radius 2 is 2.26 bits per heavy atom. The summed E-state index contributed by atoms with van der Waals surface area (Å²) in [7, 11) is 2.16. The Balaban J connectivity index is 1.85. The molecule has 1 aliphatic rings. The third-order valence-corrected chi connectivity index (χ3v) is 3.59. The fourth-order valence-electron chi connectivity index (χ4n) is 2.70. The lowest BCUT2D eigenvalue weighted by molar-refractivity contribution is 0.172. The van der Waals surface area contributed by atoms with Crippen LogP contribution in [0.15, 0.2) is 18.2 Å². The first-order valence-electron chi connectivity index (χ1n) is 7.11. The number of hydrogen-bond acceptors (Lipinski definition) is 4. The highest BCUT2D eigenvalue weighted by Gasteiger charge is 2.28. The monoisotopic (exact) mass is 263 g/mol. The molecule has 19 heavy (non-hydrogen) atoms. The number of likely N-dealkylation sites (N-methyl/N-ethyl adjacent to an activating group) is 1. The number of aromatic nitrogens is 1. The zero-order valence-corrected chi connectivity index (χ0v) is 12.2. The van der Waals surface area contributed by atoms with Crippen LogP contribution in [0.25, 0.3) is 0 Å². The van der Waals surface area contributed by atoms with Crippen molar-refractivity contribution < 1.29 is 4.74 Å². The Morgan fingerprint density at radius 1 is 1.42 bits per heavy atom. The second-order valence-corrected chi connectivity index (χ2v) is 5.43. The van der Waals surface area contributed by atoms with Gasteiger partial charge in [-0.05, 0) is 32.6 Å². The molecule has 0 spiro atoms. The Morgan fingerprint density at radius 3 is 3.00 bits per heavy atom. The van der Waals surface area contributed by atoms with E-state index in [0.29, 0.717) is 12.0 Å². The molecule has 0 aliphatic carbocycles. The summed E-state index contributed by atoms with van der Waals surface area (Å²) in [6.45, 7) is 8.85. The minimum Gasteiger partial charge on any atom is -0.379 e. The molecule has 0 bridgehead atoms. The van der Waals surface area contributed by atoms with Gasteiger partial charge in [-0.25, -0.2) is 0 Å². The molecule has 4 nitrogen and oxygen atoms in total. The van der Waals surface area contributed by atoms with Gasteiger partial charge in [0.15, 0.2) is 0 Å². The van der Waals surface area contributed by atoms with Gasteiger partial charge in [0.2, 0.25) is 0 Å². The van der Waals surface area contributed by atoms with Crippen LogP contribution in [0.5, 0.6) is 0 Å². The predicted octanol–water partition coefficient (Wildman–Crippen LogP) is 1.45. The van der Waals surface area contributed by atoms with E-state index in [1.165, 1.54) is 0 Å². The number of nitrogens with one attached hydrogen (secondary N) is 1. The van der Waals surface area contributed by atoms with Gasteiger partial charge in [0.25, 0.3) is 0 Å². The summed E-state index contributed by atoms with van der Waals surface area (Å²) >= 11 is 0. The standard InChI is InChI=1S/C15H25N3O/c1-4-16-15-11-19-10-13(15)8-18(3)9-14-7-5-6-12(2)17-14/h5-7,13,15-16H,4,8-11H2,1-3H3. The van der Waals surface area contributed by atoms with Crippen molar-refractivity contribution in [1.82, 2.24) is 15.2 Å². The SMILES string of the molecule is CCNC1COCC1CN(C)Cc1cccc(C)n1. The molecule has 4 heteroatoms. The van der Waals surface area contributed by atoms with Gasteiger partial charge in [-0.2, -0.15) is 0 Å². The Labute approximate surface area is 116 Å². The van der Waals surface area contributed by atoms with Crippen molar-refractivity contribution in [2.45, 2.75) is 26.4 Å². The number of hydrogen-bond donors (Lipinski definition) is 1. The average Bonchev–Trinajstić information content (AvgIpc) is 2.77. The van der Waals surface area contributed by atoms with Gasteiger partial charge in [-0.3, -0.25) is 4.98 Å². The van der Waals surface area contributed by atoms with Crippen LogP contribution < -0.4 is 5.32 Å². The molecule has 1 aliphatic heterocycles. The summed E-state index contributed by atoms with van der Waals surface area (Å²) in [5, 5.41) is 3.51. The lowest BCUT2D eigenvalue weighted by Gasteiger charge is -2.24. The van der Waals surface area contributed by atoms with Crippen LogP contribution in [0.4, 0.5) is 0 Å². The largest absolute Gasteiger partial charge is 0.379 e. The van der Waals surface area contributed by atoms with E-state index in [1.807, 2.05) is 13.0 Å². The number of pyridine rings is 1. The molecule has 0 saturated carbocycles. The quantitative estimate of drug-likeness (QED) is 0.843. The number of aryl methyl sites for hydroxylation is 1. The van der Waals surface area contributed by atoms with E-state index in [9.17, 15) is 0 Å². The Bertz CT molecular complexity index is 397. The predicted molar refractivity (Wildman–Crippen MR) is 77.1 cm³/mol. The van der Waals surface area contributed by atoms with E-state index in [2.05, 4.69) is 41.3 Å². The maximum Gasteiger partial charge on any atom is 0.0623 e. The molecule has 2 heterocycles. The molecule has 1 fully saturated rings. The van der Waals surface area contributed by atoms with Gasteiger partial charge >= 0.3 is 0 Å². The van der Waals surface area contributed by atoms with Crippen LogP contribution in [0.1, 0.15) is 18.3 Å². The van der Waals surface area contributed by atoms with Gasteiger partial charge < -0.3 is 15.0 Å². The molecular weight excluding hydrogens is 238 g/mol. The summed E-state index contributed by atoms with van der Waals surface area (Å²) in [5.41, 5.74) is 2.22. The maximum absolute atomic E-state index is 5.59. The molecule has 0 aromatic carbocycles. The van der Waals surface area contributed by atoms with Gasteiger partial charge in [0, 0.05) is 30.7 Å². The van der Waals surface area contributed by atoms with E-state index in [1.54, 1.807) is 0 Å². The minimum absolute atomic E-state index is 0.498. The molecular formula is C15H25N3O. The first-order chi connectivity index (χ1) is 9.19. The van der Waals surface area contributed by atoms with Crippen LogP contribution in [0, 0.1) is 12.8 Å². The van der Waals surface area contributed by atoms with E-state index < -0.39 is 0 Å². The summed E-state index contributed by atoms with van der Waals surface area (Å²) in [4.78, 5) is 6.89. The molecule has 1 saturated heterocycles. The molecule has 1 aromatic rings. The molecule has 2 unspecified atom stereocenters. The van der Waals surface area contributed by atoms with Crippen molar-refractivity contribution >= 4 is 0 Å². The van der Waals surface area contributed by atoms with Gasteiger partial charge in [-0.1, -0.05) is 13.0 Å². The van der Waals surface area contributed by atoms with E-state index in [4.69, 9.17) is 4.74 Å². The molecule has 106 valence electrons. The summed E-state index contributed by atoms with van der Waals surface area (Å²) in [6.07, 6.45) is 0. The van der Waals surface area contributed by atoms with Crippen LogP contribution in [0.3, 0.4) is 0 Å². The van der Waals surface area contributed by atoms with Gasteiger partial charge in [0.1, 0.15) is 0 Å². The van der Waals surface area contributed by atoms with E-state index in [-0.39, 0.29) is 0 Å². The van der Waals surface area contributed by atoms with Crippen molar-refractivity contribution in [3.63, 3.8) is 0 Å². The van der Waals surface area contributed by atoms with Crippen molar-refractivity contribution in [3.05, 3.63) is 29.6 Å². The van der Waals surface area contributed by atoms with Gasteiger partial charge in [0.05, 0.1) is 18.9 Å². The highest BCUT2D eigenvalue weighted by atomic mass is 16.5. The third kappa shape index (κ3) is 4.27. The van der Waals surface area contributed by atoms with E-state index >= 15 is 0 Å². The first-order valence-corrected chi connectivity index (χ1v) is 7.11. The topological polar surface area (TPSA) is 37.4 Å². The van der Waals surface area contributed by atoms with Gasteiger partial charge in [-0.15, -0.1) is 0 Å². The molecule has 0 amide bonds. The molecule has 2 rings (SSSR count). The fraction of sp³-hybridized carbons (Fsp3) is 0.667. The summed E-state index contributed by atoms with van der Waals surface area (Å²) in [6, 6.07) is 6.70. The zero-order valence-electron chi connectivity index (χ0n) is 12.2. The van der Waals surface area contributed by atoms with Crippen LogP contribution in [-0.4, -0.2) is 49.3 Å². The smallest absolute Gasteiger partial charge is 0.0623 e. The number of nitrogens with zero attached hydrogens (tertiary/aromatic N) is 2. The van der Waals surface area contributed by atoms with Crippen molar-refractivity contribution in [3.8, 4) is 0 Å².